The molecule has 0 bridgehead atoms. The third-order valence-corrected chi connectivity index (χ3v) is 2.47. The minimum Gasteiger partial charge on any atom is -0.379 e. The zero-order chi connectivity index (χ0) is 14.3. The van der Waals surface area contributed by atoms with E-state index in [9.17, 15) is 9.59 Å². The van der Waals surface area contributed by atoms with Gasteiger partial charge < -0.3 is 19.6 Å². The highest BCUT2D eigenvalue weighted by atomic mass is 16.5. The van der Waals surface area contributed by atoms with Crippen LogP contribution in [0.5, 0.6) is 0 Å². The number of hydrogen-bond donors (Lipinski definition) is 1. The molecule has 0 rings (SSSR count). The Labute approximate surface area is 116 Å². The molecule has 0 aromatic rings. The summed E-state index contributed by atoms with van der Waals surface area (Å²) >= 11 is 0. The molecule has 1 N–H and O–H groups in total. The first-order valence-electron chi connectivity index (χ1n) is 7.08. The maximum absolute atomic E-state index is 11.4. The van der Waals surface area contributed by atoms with E-state index in [-0.39, 0.29) is 11.7 Å². The predicted octanol–water partition coefficient (Wildman–Crippen LogP) is 1.70. The first kappa shape index (κ1) is 18.1. The monoisotopic (exact) mass is 273 g/mol. The highest BCUT2D eigenvalue weighted by molar-refractivity contribution is 5.76. The van der Waals surface area contributed by atoms with Crippen molar-refractivity contribution in [3.05, 3.63) is 0 Å². The van der Waals surface area contributed by atoms with E-state index in [0.717, 1.165) is 25.9 Å². The topological polar surface area (TPSA) is 64.6 Å². The van der Waals surface area contributed by atoms with Crippen LogP contribution in [0.3, 0.4) is 0 Å². The van der Waals surface area contributed by atoms with Crippen molar-refractivity contribution in [3.63, 3.8) is 0 Å². The van der Waals surface area contributed by atoms with E-state index in [0.29, 0.717) is 39.2 Å². The highest BCUT2D eigenvalue weighted by Gasteiger charge is 2.01. The van der Waals surface area contributed by atoms with E-state index in [1.165, 1.54) is 0 Å². The van der Waals surface area contributed by atoms with Gasteiger partial charge in [-0.25, -0.2) is 0 Å². The number of ether oxygens (including phenoxy) is 2. The number of hydrogen-bond acceptors (Lipinski definition) is 4. The van der Waals surface area contributed by atoms with Crippen molar-refractivity contribution in [2.24, 2.45) is 0 Å². The summed E-state index contributed by atoms with van der Waals surface area (Å²) in [6, 6.07) is 0. The van der Waals surface area contributed by atoms with Gasteiger partial charge in [-0.15, -0.1) is 0 Å². The molecule has 0 aliphatic carbocycles. The molecule has 0 saturated carbocycles. The zero-order valence-corrected chi connectivity index (χ0v) is 12.2. The molecular formula is C14H27NO4. The molecule has 0 saturated heterocycles. The predicted molar refractivity (Wildman–Crippen MR) is 74.1 cm³/mol. The van der Waals surface area contributed by atoms with Crippen molar-refractivity contribution < 1.29 is 19.1 Å². The molecule has 0 heterocycles. The molecule has 0 aromatic carbocycles. The number of nitrogens with one attached hydrogen (secondary N) is 1. The van der Waals surface area contributed by atoms with Gasteiger partial charge in [-0.2, -0.15) is 0 Å². The lowest BCUT2D eigenvalue weighted by atomic mass is 10.1. The molecule has 112 valence electrons. The largest absolute Gasteiger partial charge is 0.379 e. The third kappa shape index (κ3) is 15.0. The van der Waals surface area contributed by atoms with Crippen molar-refractivity contribution in [1.29, 1.82) is 0 Å². The van der Waals surface area contributed by atoms with Gasteiger partial charge in [0.15, 0.2) is 0 Å². The molecule has 0 fully saturated rings. The van der Waals surface area contributed by atoms with Gasteiger partial charge in [-0.1, -0.05) is 6.92 Å². The Bertz CT molecular complexity index is 244. The van der Waals surface area contributed by atoms with Crippen LogP contribution < -0.4 is 5.32 Å². The fourth-order valence-electron chi connectivity index (χ4n) is 1.48. The van der Waals surface area contributed by atoms with Crippen LogP contribution in [-0.4, -0.2) is 44.7 Å². The number of rotatable bonds is 13. The lowest BCUT2D eigenvalue weighted by Crippen LogP contribution is -2.27. The Hall–Kier alpha value is -0.940. The molecule has 0 unspecified atom stereocenters. The van der Waals surface area contributed by atoms with Crippen molar-refractivity contribution in [2.75, 3.05) is 33.0 Å². The van der Waals surface area contributed by atoms with E-state index in [2.05, 4.69) is 12.2 Å². The molecule has 5 heteroatoms. The summed E-state index contributed by atoms with van der Waals surface area (Å²) in [5, 5.41) is 2.78. The van der Waals surface area contributed by atoms with Crippen LogP contribution in [0, 0.1) is 0 Å². The molecule has 0 aliphatic rings. The first-order chi connectivity index (χ1) is 9.16. The Balaban J connectivity index is 3.18. The van der Waals surface area contributed by atoms with Crippen LogP contribution in [-0.2, 0) is 19.1 Å². The second-order valence-corrected chi connectivity index (χ2v) is 4.48. The van der Waals surface area contributed by atoms with Crippen molar-refractivity contribution in [2.45, 2.75) is 46.0 Å². The van der Waals surface area contributed by atoms with E-state index in [1.807, 2.05) is 0 Å². The number of carbonyl (C=O) groups excluding carboxylic acids is 2. The average Bonchev–Trinajstić information content (AvgIpc) is 2.37. The molecule has 0 radical (unpaired) electrons. The normalized spacial score (nSPS) is 10.4. The Morgan fingerprint density at radius 1 is 0.947 bits per heavy atom. The SMILES string of the molecule is CCCOCCOCCNC(=O)CCCCC(C)=O. The van der Waals surface area contributed by atoms with Crippen LogP contribution >= 0.6 is 0 Å². The Morgan fingerprint density at radius 2 is 1.58 bits per heavy atom. The molecule has 5 nitrogen and oxygen atoms in total. The van der Waals surface area contributed by atoms with E-state index in [4.69, 9.17) is 9.47 Å². The number of unbranched alkanes of at least 4 members (excludes halogenated alkanes) is 1. The lowest BCUT2D eigenvalue weighted by molar-refractivity contribution is -0.122. The number of ketones is 1. The van der Waals surface area contributed by atoms with Crippen LogP contribution in [0.1, 0.15) is 46.0 Å². The summed E-state index contributed by atoms with van der Waals surface area (Å²) in [4.78, 5) is 22.1. The first-order valence-corrected chi connectivity index (χ1v) is 7.08. The smallest absolute Gasteiger partial charge is 0.220 e. The van der Waals surface area contributed by atoms with Crippen LogP contribution in [0.15, 0.2) is 0 Å². The quantitative estimate of drug-likeness (QED) is 0.519. The molecule has 0 aliphatic heterocycles. The summed E-state index contributed by atoms with van der Waals surface area (Å²) in [6.07, 6.45) is 3.60. The van der Waals surface area contributed by atoms with Gasteiger partial charge in [0.25, 0.3) is 0 Å². The minimum atomic E-state index is 0.0226. The molecule has 0 atom stereocenters. The molecule has 0 spiro atoms. The van der Waals surface area contributed by atoms with Crippen molar-refractivity contribution >= 4 is 11.7 Å². The summed E-state index contributed by atoms with van der Waals surface area (Å²) < 4.78 is 10.6. The Kier molecular flexibility index (Phi) is 12.8. The highest BCUT2D eigenvalue weighted by Crippen LogP contribution is 1.99. The van der Waals surface area contributed by atoms with Gasteiger partial charge in [0.1, 0.15) is 5.78 Å². The van der Waals surface area contributed by atoms with Gasteiger partial charge in [-0.05, 0) is 26.2 Å². The van der Waals surface area contributed by atoms with Crippen molar-refractivity contribution in [1.82, 2.24) is 5.32 Å². The van der Waals surface area contributed by atoms with E-state index >= 15 is 0 Å². The maximum atomic E-state index is 11.4. The van der Waals surface area contributed by atoms with Gasteiger partial charge >= 0.3 is 0 Å². The number of Topliss-reactive ketones (excluding diaryl/α,β-unsaturated/α-hetero) is 1. The number of amides is 1. The second-order valence-electron chi connectivity index (χ2n) is 4.48. The third-order valence-electron chi connectivity index (χ3n) is 2.47. The van der Waals surface area contributed by atoms with Gasteiger partial charge in [-0.3, -0.25) is 4.79 Å². The summed E-state index contributed by atoms with van der Waals surface area (Å²) in [5.74, 6) is 0.202. The van der Waals surface area contributed by atoms with Gasteiger partial charge in [0.2, 0.25) is 5.91 Å². The Morgan fingerprint density at radius 3 is 2.21 bits per heavy atom. The fraction of sp³-hybridized carbons (Fsp3) is 0.857. The fourth-order valence-corrected chi connectivity index (χ4v) is 1.48. The summed E-state index contributed by atoms with van der Waals surface area (Å²) in [6.45, 7) is 6.60. The van der Waals surface area contributed by atoms with Crippen LogP contribution in [0.2, 0.25) is 0 Å². The standard InChI is InChI=1S/C14H27NO4/c1-3-9-18-11-12-19-10-8-15-14(17)7-5-4-6-13(2)16/h3-12H2,1-2H3,(H,15,17). The number of carbonyl (C=O) groups is 2. The molecule has 0 aromatic heterocycles. The van der Waals surface area contributed by atoms with E-state index in [1.54, 1.807) is 6.92 Å². The minimum absolute atomic E-state index is 0.0226. The maximum Gasteiger partial charge on any atom is 0.220 e. The van der Waals surface area contributed by atoms with Crippen LogP contribution in [0.4, 0.5) is 0 Å². The second kappa shape index (κ2) is 13.5. The molecule has 19 heavy (non-hydrogen) atoms. The summed E-state index contributed by atoms with van der Waals surface area (Å²) in [5.41, 5.74) is 0. The van der Waals surface area contributed by atoms with Gasteiger partial charge in [0.05, 0.1) is 19.8 Å². The molecular weight excluding hydrogens is 246 g/mol. The van der Waals surface area contributed by atoms with E-state index < -0.39 is 0 Å². The molecule has 1 amide bonds. The average molecular weight is 273 g/mol. The van der Waals surface area contributed by atoms with Crippen molar-refractivity contribution in [3.8, 4) is 0 Å². The lowest BCUT2D eigenvalue weighted by Gasteiger charge is -2.06. The van der Waals surface area contributed by atoms with Gasteiger partial charge in [0, 0.05) is 26.0 Å². The van der Waals surface area contributed by atoms with Crippen LogP contribution in [0.25, 0.3) is 0 Å². The zero-order valence-electron chi connectivity index (χ0n) is 12.2. The summed E-state index contributed by atoms with van der Waals surface area (Å²) in [7, 11) is 0.